The van der Waals surface area contributed by atoms with Gasteiger partial charge in [-0.1, -0.05) is 6.07 Å². The second-order valence-electron chi connectivity index (χ2n) is 5.37. The molecule has 3 N–H and O–H groups in total. The maximum Gasteiger partial charge on any atom is 0.0900 e. The first-order valence-corrected chi connectivity index (χ1v) is 7.86. The molecule has 0 aliphatic heterocycles. The van der Waals surface area contributed by atoms with Crippen molar-refractivity contribution in [3.05, 3.63) is 45.2 Å². The first-order chi connectivity index (χ1) is 9.70. The number of hydrogen-bond donors (Lipinski definition) is 2. The summed E-state index contributed by atoms with van der Waals surface area (Å²) in [4.78, 5) is 10.4. The highest BCUT2D eigenvalue weighted by molar-refractivity contribution is 7.11. The van der Waals surface area contributed by atoms with E-state index in [9.17, 15) is 0 Å². The zero-order chi connectivity index (χ0) is 14.1. The number of nitrogens with one attached hydrogen (secondary N) is 1. The lowest BCUT2D eigenvalue weighted by Gasteiger charge is -2.30. The van der Waals surface area contributed by atoms with Crippen molar-refractivity contribution in [3.63, 3.8) is 0 Å². The Morgan fingerprint density at radius 1 is 1.45 bits per heavy atom. The minimum absolute atomic E-state index is 0.107. The van der Waals surface area contributed by atoms with Gasteiger partial charge in [-0.2, -0.15) is 0 Å². The lowest BCUT2D eigenvalue weighted by Crippen LogP contribution is -2.34. The molecule has 20 heavy (non-hydrogen) atoms. The quantitative estimate of drug-likeness (QED) is 0.673. The van der Waals surface area contributed by atoms with E-state index >= 15 is 0 Å². The van der Waals surface area contributed by atoms with Crippen LogP contribution in [0.15, 0.2) is 18.3 Å². The lowest BCUT2D eigenvalue weighted by atomic mass is 9.81. The van der Waals surface area contributed by atoms with Crippen molar-refractivity contribution >= 4 is 11.3 Å². The number of nitrogens with two attached hydrogens (primary N) is 1. The van der Waals surface area contributed by atoms with Crippen LogP contribution in [0.3, 0.4) is 0 Å². The fourth-order valence-corrected chi connectivity index (χ4v) is 4.23. The number of nitrogens with zero attached hydrogens (tertiary/aromatic N) is 2. The Morgan fingerprint density at radius 2 is 2.30 bits per heavy atom. The fourth-order valence-electron chi connectivity index (χ4n) is 3.18. The third-order valence-electron chi connectivity index (χ3n) is 4.04. The van der Waals surface area contributed by atoms with E-state index in [1.807, 2.05) is 19.2 Å². The maximum atomic E-state index is 5.87. The number of hydrogen-bond acceptors (Lipinski definition) is 5. The van der Waals surface area contributed by atoms with Crippen LogP contribution in [0.2, 0.25) is 0 Å². The Balaban J connectivity index is 2.01. The second kappa shape index (κ2) is 5.60. The summed E-state index contributed by atoms with van der Waals surface area (Å²) < 4.78 is 0. The average molecular weight is 288 g/mol. The van der Waals surface area contributed by atoms with Crippen LogP contribution in [-0.4, -0.2) is 9.97 Å². The molecule has 0 amide bonds. The van der Waals surface area contributed by atoms with Crippen molar-refractivity contribution in [2.45, 2.75) is 45.1 Å². The fraction of sp³-hybridized carbons (Fsp3) is 0.467. The van der Waals surface area contributed by atoms with E-state index in [-0.39, 0.29) is 6.04 Å². The molecule has 0 fully saturated rings. The average Bonchev–Trinajstić information content (AvgIpc) is 2.79. The van der Waals surface area contributed by atoms with Gasteiger partial charge in [0.1, 0.15) is 0 Å². The molecule has 3 rings (SSSR count). The molecule has 2 aromatic rings. The summed E-state index contributed by atoms with van der Waals surface area (Å²) in [5, 5.41) is 1.09. The summed E-state index contributed by atoms with van der Waals surface area (Å²) in [6, 6.07) is 4.32. The van der Waals surface area contributed by atoms with Crippen LogP contribution in [0.1, 0.15) is 51.6 Å². The second-order valence-corrected chi connectivity index (χ2v) is 6.61. The van der Waals surface area contributed by atoms with Crippen molar-refractivity contribution in [1.82, 2.24) is 15.4 Å². The van der Waals surface area contributed by atoms with Gasteiger partial charge in [0.2, 0.25) is 0 Å². The molecule has 5 heteroatoms. The molecule has 2 atom stereocenters. The van der Waals surface area contributed by atoms with Crippen LogP contribution in [0, 0.1) is 13.8 Å². The van der Waals surface area contributed by atoms with Gasteiger partial charge in [-0.25, -0.2) is 4.98 Å². The van der Waals surface area contributed by atoms with E-state index in [0.717, 1.165) is 23.5 Å². The van der Waals surface area contributed by atoms with Gasteiger partial charge in [0.15, 0.2) is 0 Å². The Bertz CT molecular complexity index is 608. The van der Waals surface area contributed by atoms with E-state index in [1.165, 1.54) is 22.6 Å². The summed E-state index contributed by atoms with van der Waals surface area (Å²) in [5.74, 6) is 6.21. The predicted molar refractivity (Wildman–Crippen MR) is 81.6 cm³/mol. The molecule has 0 saturated heterocycles. The first kappa shape index (κ1) is 13.7. The normalized spacial score (nSPS) is 19.6. The number of aromatic nitrogens is 2. The van der Waals surface area contributed by atoms with Gasteiger partial charge < -0.3 is 0 Å². The minimum Gasteiger partial charge on any atom is -0.271 e. The number of aryl methyl sites for hydroxylation is 3. The molecule has 1 aliphatic carbocycles. The SMILES string of the molecule is Cc1nc(C)c(C(NN)C2CCCc3cccnc32)s1. The Morgan fingerprint density at radius 3 is 3.00 bits per heavy atom. The van der Waals surface area contributed by atoms with Crippen molar-refractivity contribution in [2.24, 2.45) is 5.84 Å². The number of thiazole rings is 1. The largest absolute Gasteiger partial charge is 0.271 e. The first-order valence-electron chi connectivity index (χ1n) is 7.04. The van der Waals surface area contributed by atoms with Gasteiger partial charge in [0, 0.05) is 22.7 Å². The minimum atomic E-state index is 0.107. The van der Waals surface area contributed by atoms with E-state index in [4.69, 9.17) is 5.84 Å². The number of pyridine rings is 1. The predicted octanol–water partition coefficient (Wildman–Crippen LogP) is 2.78. The smallest absolute Gasteiger partial charge is 0.0900 e. The van der Waals surface area contributed by atoms with Crippen LogP contribution in [0.25, 0.3) is 0 Å². The van der Waals surface area contributed by atoms with Gasteiger partial charge in [0.25, 0.3) is 0 Å². The van der Waals surface area contributed by atoms with Crippen molar-refractivity contribution in [2.75, 3.05) is 0 Å². The molecule has 2 unspecified atom stereocenters. The summed E-state index contributed by atoms with van der Waals surface area (Å²) in [6.07, 6.45) is 5.32. The third-order valence-corrected chi connectivity index (χ3v) is 5.20. The van der Waals surface area contributed by atoms with Gasteiger partial charge in [-0.15, -0.1) is 11.3 Å². The number of fused-ring (bicyclic) bond motifs is 1. The van der Waals surface area contributed by atoms with Crippen molar-refractivity contribution < 1.29 is 0 Å². The lowest BCUT2D eigenvalue weighted by molar-refractivity contribution is 0.403. The molecular weight excluding hydrogens is 268 g/mol. The topological polar surface area (TPSA) is 63.8 Å². The van der Waals surface area contributed by atoms with E-state index in [2.05, 4.69) is 28.4 Å². The monoisotopic (exact) mass is 288 g/mol. The van der Waals surface area contributed by atoms with E-state index < -0.39 is 0 Å². The molecule has 0 radical (unpaired) electrons. The molecule has 0 bridgehead atoms. The summed E-state index contributed by atoms with van der Waals surface area (Å²) in [7, 11) is 0. The summed E-state index contributed by atoms with van der Waals surface area (Å²) in [6.45, 7) is 4.10. The van der Waals surface area contributed by atoms with Gasteiger partial charge in [-0.3, -0.25) is 16.3 Å². The van der Waals surface area contributed by atoms with Crippen LogP contribution < -0.4 is 11.3 Å². The standard InChI is InChI=1S/C15H20N4S/c1-9-15(20-10(2)18-9)14(19-16)12-7-3-5-11-6-4-8-17-13(11)12/h4,6,8,12,14,19H,3,5,7,16H2,1-2H3. The molecule has 2 aromatic heterocycles. The highest BCUT2D eigenvalue weighted by Gasteiger charge is 2.31. The maximum absolute atomic E-state index is 5.87. The number of hydrazine groups is 1. The Hall–Kier alpha value is -1.30. The van der Waals surface area contributed by atoms with Crippen molar-refractivity contribution in [1.29, 1.82) is 0 Å². The van der Waals surface area contributed by atoms with Crippen molar-refractivity contribution in [3.8, 4) is 0 Å². The van der Waals surface area contributed by atoms with Crippen LogP contribution in [0.4, 0.5) is 0 Å². The molecular formula is C15H20N4S. The summed E-state index contributed by atoms with van der Waals surface area (Å²) in [5.41, 5.74) is 6.66. The Kier molecular flexibility index (Phi) is 3.83. The highest BCUT2D eigenvalue weighted by Crippen LogP contribution is 2.41. The van der Waals surface area contributed by atoms with Crippen LogP contribution >= 0.6 is 11.3 Å². The van der Waals surface area contributed by atoms with Gasteiger partial charge in [-0.05, 0) is 44.7 Å². The molecule has 2 heterocycles. The molecule has 0 spiro atoms. The van der Waals surface area contributed by atoms with Gasteiger partial charge in [0.05, 0.1) is 16.7 Å². The molecule has 0 aromatic carbocycles. The molecule has 4 nitrogen and oxygen atoms in total. The van der Waals surface area contributed by atoms with Crippen LogP contribution in [-0.2, 0) is 6.42 Å². The molecule has 1 aliphatic rings. The molecule has 0 saturated carbocycles. The highest BCUT2D eigenvalue weighted by atomic mass is 32.1. The van der Waals surface area contributed by atoms with Gasteiger partial charge >= 0.3 is 0 Å². The zero-order valence-corrected chi connectivity index (χ0v) is 12.7. The molecule has 106 valence electrons. The summed E-state index contributed by atoms with van der Waals surface area (Å²) >= 11 is 1.73. The van der Waals surface area contributed by atoms with E-state index in [0.29, 0.717) is 5.92 Å². The van der Waals surface area contributed by atoms with Crippen LogP contribution in [0.5, 0.6) is 0 Å². The number of rotatable bonds is 3. The zero-order valence-electron chi connectivity index (χ0n) is 11.9. The van der Waals surface area contributed by atoms with E-state index in [1.54, 1.807) is 11.3 Å². The third kappa shape index (κ3) is 2.37. The Labute approximate surface area is 123 Å².